The van der Waals surface area contributed by atoms with Crippen molar-refractivity contribution in [3.05, 3.63) is 23.1 Å². The van der Waals surface area contributed by atoms with Crippen molar-refractivity contribution in [2.75, 3.05) is 0 Å². The highest BCUT2D eigenvalue weighted by atomic mass is 32.2. The first kappa shape index (κ1) is 8.43. The molecule has 0 heterocycles. The first-order valence-corrected chi connectivity index (χ1v) is 3.80. The van der Waals surface area contributed by atoms with Gasteiger partial charge in [0.1, 0.15) is 0 Å². The molecular weight excluding hydrogens is 136 g/mol. The highest BCUT2D eigenvalue weighted by molar-refractivity contribution is 7.76. The van der Waals surface area contributed by atoms with Crippen LogP contribution in [0.15, 0.2) is 23.1 Å². The Morgan fingerprint density at radius 2 is 2.00 bits per heavy atom. The Hall–Kier alpha value is -0.570. The summed E-state index contributed by atoms with van der Waals surface area (Å²) in [5.74, 6) is 0. The van der Waals surface area contributed by atoms with Gasteiger partial charge in [0.25, 0.3) is 0 Å². The molecule has 9 heavy (non-hydrogen) atoms. The standard InChI is InChI=1S/C6H10O2S/c1-3-4-5-6(2)9(7)8/h3-5,9H,1-2H3/b4-3-,6-5+. The average molecular weight is 146 g/mol. The second-order valence-corrected chi connectivity index (χ2v) is 2.81. The molecule has 0 spiro atoms. The number of rotatable bonds is 2. The predicted molar refractivity (Wildman–Crippen MR) is 38.9 cm³/mol. The van der Waals surface area contributed by atoms with Gasteiger partial charge in [-0.2, -0.15) is 0 Å². The summed E-state index contributed by atoms with van der Waals surface area (Å²) in [6.07, 6.45) is 5.04. The number of thiol groups is 1. The van der Waals surface area contributed by atoms with Crippen LogP contribution in [0.2, 0.25) is 0 Å². The lowest BCUT2D eigenvalue weighted by atomic mass is 10.5. The van der Waals surface area contributed by atoms with E-state index in [-0.39, 0.29) is 0 Å². The largest absolute Gasteiger partial charge is 0.227 e. The smallest absolute Gasteiger partial charge is 0.164 e. The minimum absolute atomic E-state index is 0.392. The minimum atomic E-state index is -2.36. The van der Waals surface area contributed by atoms with Crippen LogP contribution in [-0.4, -0.2) is 8.42 Å². The molecule has 0 aromatic heterocycles. The van der Waals surface area contributed by atoms with Crippen molar-refractivity contribution >= 4 is 10.7 Å². The van der Waals surface area contributed by atoms with Crippen molar-refractivity contribution in [3.8, 4) is 0 Å². The summed E-state index contributed by atoms with van der Waals surface area (Å²) in [4.78, 5) is 0.392. The molecule has 0 aliphatic heterocycles. The normalized spacial score (nSPS) is 13.4. The number of allylic oxidation sites excluding steroid dienone is 4. The second kappa shape index (κ2) is 4.32. The Bertz CT molecular complexity index is 191. The lowest BCUT2D eigenvalue weighted by Gasteiger charge is -1.80. The molecule has 0 aliphatic carbocycles. The summed E-state index contributed by atoms with van der Waals surface area (Å²) in [6, 6.07) is 0. The molecule has 0 aliphatic rings. The van der Waals surface area contributed by atoms with Gasteiger partial charge in [-0.05, 0) is 19.9 Å². The van der Waals surface area contributed by atoms with Gasteiger partial charge in [-0.1, -0.05) is 12.2 Å². The molecule has 0 saturated heterocycles. The van der Waals surface area contributed by atoms with E-state index < -0.39 is 10.7 Å². The molecule has 3 heteroatoms. The first-order valence-electron chi connectivity index (χ1n) is 2.62. The van der Waals surface area contributed by atoms with E-state index in [0.29, 0.717) is 4.91 Å². The average Bonchev–Trinajstić information content (AvgIpc) is 1.82. The molecule has 0 saturated carbocycles. The number of hydrogen-bond donors (Lipinski definition) is 1. The molecule has 0 atom stereocenters. The summed E-state index contributed by atoms with van der Waals surface area (Å²) >= 11 is 0. The third-order valence-corrected chi connectivity index (χ3v) is 1.54. The van der Waals surface area contributed by atoms with Gasteiger partial charge in [-0.3, -0.25) is 0 Å². The Morgan fingerprint density at radius 3 is 2.33 bits per heavy atom. The molecular formula is C6H10O2S. The van der Waals surface area contributed by atoms with Gasteiger partial charge in [-0.15, -0.1) is 0 Å². The molecule has 52 valence electrons. The van der Waals surface area contributed by atoms with E-state index in [1.165, 1.54) is 0 Å². The van der Waals surface area contributed by atoms with Crippen molar-refractivity contribution < 1.29 is 8.42 Å². The Kier molecular flexibility index (Phi) is 4.05. The van der Waals surface area contributed by atoms with Crippen LogP contribution in [0, 0.1) is 0 Å². The van der Waals surface area contributed by atoms with Gasteiger partial charge in [0.15, 0.2) is 10.7 Å². The van der Waals surface area contributed by atoms with Crippen LogP contribution in [0.5, 0.6) is 0 Å². The van der Waals surface area contributed by atoms with E-state index in [2.05, 4.69) is 0 Å². The molecule has 0 aromatic carbocycles. The molecule has 0 radical (unpaired) electrons. The van der Waals surface area contributed by atoms with Gasteiger partial charge < -0.3 is 0 Å². The molecule has 0 amide bonds. The topological polar surface area (TPSA) is 34.1 Å². The Balaban J connectivity index is 4.17. The van der Waals surface area contributed by atoms with Crippen molar-refractivity contribution in [3.63, 3.8) is 0 Å². The van der Waals surface area contributed by atoms with Crippen LogP contribution in [0.1, 0.15) is 13.8 Å². The zero-order chi connectivity index (χ0) is 7.28. The molecule has 0 unspecified atom stereocenters. The predicted octanol–water partition coefficient (Wildman–Crippen LogP) is 1.08. The van der Waals surface area contributed by atoms with Crippen molar-refractivity contribution in [2.45, 2.75) is 13.8 Å². The van der Waals surface area contributed by atoms with E-state index >= 15 is 0 Å². The SMILES string of the molecule is C/C=C\C=C(/C)[SH](=O)=O. The van der Waals surface area contributed by atoms with E-state index in [4.69, 9.17) is 0 Å². The van der Waals surface area contributed by atoms with Gasteiger partial charge in [0, 0.05) is 4.91 Å². The van der Waals surface area contributed by atoms with Crippen molar-refractivity contribution in [1.82, 2.24) is 0 Å². The van der Waals surface area contributed by atoms with Crippen LogP contribution in [0.25, 0.3) is 0 Å². The fourth-order valence-electron chi connectivity index (χ4n) is 0.296. The summed E-state index contributed by atoms with van der Waals surface area (Å²) in [6.45, 7) is 3.40. The number of hydrogen-bond acceptors (Lipinski definition) is 2. The van der Waals surface area contributed by atoms with Gasteiger partial charge in [-0.25, -0.2) is 8.42 Å². The lowest BCUT2D eigenvalue weighted by Crippen LogP contribution is -1.74. The van der Waals surface area contributed by atoms with Crippen LogP contribution in [-0.2, 0) is 10.7 Å². The highest BCUT2D eigenvalue weighted by Gasteiger charge is 1.83. The summed E-state index contributed by atoms with van der Waals surface area (Å²) in [7, 11) is -2.36. The molecule has 2 nitrogen and oxygen atoms in total. The quantitative estimate of drug-likeness (QED) is 0.467. The summed E-state index contributed by atoms with van der Waals surface area (Å²) in [5, 5.41) is 0. The Morgan fingerprint density at radius 1 is 1.44 bits per heavy atom. The molecule has 0 rings (SSSR count). The van der Waals surface area contributed by atoms with E-state index in [1.54, 1.807) is 25.2 Å². The molecule has 0 N–H and O–H groups in total. The maximum Gasteiger partial charge on any atom is 0.164 e. The van der Waals surface area contributed by atoms with Gasteiger partial charge in [0.2, 0.25) is 0 Å². The fourth-order valence-corrected chi connectivity index (χ4v) is 0.504. The van der Waals surface area contributed by atoms with E-state index in [9.17, 15) is 8.42 Å². The van der Waals surface area contributed by atoms with Crippen molar-refractivity contribution in [2.24, 2.45) is 0 Å². The maximum atomic E-state index is 10.1. The van der Waals surface area contributed by atoms with Crippen LogP contribution in [0.3, 0.4) is 0 Å². The molecule has 0 fully saturated rings. The van der Waals surface area contributed by atoms with Gasteiger partial charge >= 0.3 is 0 Å². The van der Waals surface area contributed by atoms with Gasteiger partial charge in [0.05, 0.1) is 0 Å². The first-order chi connectivity index (χ1) is 4.18. The zero-order valence-corrected chi connectivity index (χ0v) is 6.39. The third kappa shape index (κ3) is 3.97. The summed E-state index contributed by atoms with van der Waals surface area (Å²) < 4.78 is 20.3. The van der Waals surface area contributed by atoms with E-state index in [0.717, 1.165) is 0 Å². The second-order valence-electron chi connectivity index (χ2n) is 1.59. The monoisotopic (exact) mass is 146 g/mol. The minimum Gasteiger partial charge on any atom is -0.227 e. The fraction of sp³-hybridized carbons (Fsp3) is 0.333. The third-order valence-electron chi connectivity index (χ3n) is 0.818. The zero-order valence-electron chi connectivity index (χ0n) is 5.50. The summed E-state index contributed by atoms with van der Waals surface area (Å²) in [5.41, 5.74) is 0. The van der Waals surface area contributed by atoms with Crippen molar-refractivity contribution in [1.29, 1.82) is 0 Å². The lowest BCUT2D eigenvalue weighted by molar-refractivity contribution is 0.619. The highest BCUT2D eigenvalue weighted by Crippen LogP contribution is 1.91. The van der Waals surface area contributed by atoms with Crippen LogP contribution >= 0.6 is 0 Å². The van der Waals surface area contributed by atoms with Crippen LogP contribution in [0.4, 0.5) is 0 Å². The maximum absolute atomic E-state index is 10.1. The molecule has 0 aromatic rings. The van der Waals surface area contributed by atoms with Crippen LogP contribution < -0.4 is 0 Å². The van der Waals surface area contributed by atoms with E-state index in [1.807, 2.05) is 6.92 Å². The molecule has 0 bridgehead atoms. The Labute approximate surface area is 56.8 Å².